The summed E-state index contributed by atoms with van der Waals surface area (Å²) in [6, 6.07) is 0.391. The molecule has 7 nitrogen and oxygen atoms in total. The average Bonchev–Trinajstić information content (AvgIpc) is 2.64. The zero-order chi connectivity index (χ0) is 13.7. The molecule has 0 fully saturated rings. The number of nitrogens with zero attached hydrogens (tertiary/aromatic N) is 3. The van der Waals surface area contributed by atoms with Gasteiger partial charge in [-0.05, 0) is 20.9 Å². The standard InChI is InChI=1S/C10H18N4O3S/c1-7(2)13(3)4-5-14-9(17)11-12-10(14)18-6-8(15)16/h7H,4-6H2,1-3H3,(H,11,17)(H,15,16). The molecule has 102 valence electrons. The van der Waals surface area contributed by atoms with Gasteiger partial charge in [0.2, 0.25) is 0 Å². The molecule has 0 aliphatic heterocycles. The number of hydrogen-bond donors (Lipinski definition) is 2. The fourth-order valence-corrected chi connectivity index (χ4v) is 1.95. The van der Waals surface area contributed by atoms with E-state index >= 15 is 0 Å². The Kier molecular flexibility index (Phi) is 5.42. The molecule has 0 saturated heterocycles. The van der Waals surface area contributed by atoms with E-state index in [0.29, 0.717) is 24.3 Å². The maximum atomic E-state index is 11.5. The topological polar surface area (TPSA) is 91.2 Å². The highest BCUT2D eigenvalue weighted by Crippen LogP contribution is 2.12. The molecule has 8 heteroatoms. The quantitative estimate of drug-likeness (QED) is 0.685. The second-order valence-electron chi connectivity index (χ2n) is 4.22. The lowest BCUT2D eigenvalue weighted by atomic mass is 10.3. The van der Waals surface area contributed by atoms with Gasteiger partial charge in [-0.2, -0.15) is 0 Å². The Balaban J connectivity index is 2.66. The van der Waals surface area contributed by atoms with Crippen molar-refractivity contribution >= 4 is 17.7 Å². The minimum absolute atomic E-state index is 0.107. The second kappa shape index (κ2) is 6.60. The molecule has 0 aliphatic rings. The number of aliphatic carboxylic acids is 1. The third-order valence-corrected chi connectivity index (χ3v) is 3.57. The van der Waals surface area contributed by atoms with E-state index in [1.165, 1.54) is 4.57 Å². The van der Waals surface area contributed by atoms with Crippen molar-refractivity contribution < 1.29 is 9.90 Å². The van der Waals surface area contributed by atoms with Gasteiger partial charge < -0.3 is 10.0 Å². The summed E-state index contributed by atoms with van der Waals surface area (Å²) in [6.07, 6.45) is 0. The smallest absolute Gasteiger partial charge is 0.344 e. The van der Waals surface area contributed by atoms with Crippen molar-refractivity contribution in [3.63, 3.8) is 0 Å². The van der Waals surface area contributed by atoms with Crippen LogP contribution in [0.4, 0.5) is 0 Å². The third-order valence-electron chi connectivity index (χ3n) is 2.61. The van der Waals surface area contributed by atoms with Crippen LogP contribution in [-0.4, -0.2) is 56.1 Å². The van der Waals surface area contributed by atoms with Gasteiger partial charge in [-0.25, -0.2) is 9.89 Å². The minimum atomic E-state index is -0.929. The zero-order valence-electron chi connectivity index (χ0n) is 10.7. The summed E-state index contributed by atoms with van der Waals surface area (Å²) < 4.78 is 1.46. The van der Waals surface area contributed by atoms with Crippen LogP contribution in [0.3, 0.4) is 0 Å². The van der Waals surface area contributed by atoms with Crippen molar-refractivity contribution in [2.45, 2.75) is 31.6 Å². The molecule has 0 aromatic carbocycles. The molecule has 1 rings (SSSR count). The van der Waals surface area contributed by atoms with E-state index in [0.717, 1.165) is 11.8 Å². The van der Waals surface area contributed by atoms with Crippen LogP contribution in [0.15, 0.2) is 9.95 Å². The molecule has 0 unspecified atom stereocenters. The molecule has 1 aromatic rings. The Morgan fingerprint density at radius 1 is 1.61 bits per heavy atom. The van der Waals surface area contributed by atoms with E-state index in [1.54, 1.807) is 0 Å². The number of likely N-dealkylation sites (N-methyl/N-ethyl adjacent to an activating group) is 1. The van der Waals surface area contributed by atoms with Crippen LogP contribution >= 0.6 is 11.8 Å². The second-order valence-corrected chi connectivity index (χ2v) is 5.16. The van der Waals surface area contributed by atoms with Crippen LogP contribution in [0.2, 0.25) is 0 Å². The summed E-state index contributed by atoms with van der Waals surface area (Å²) in [6.45, 7) is 5.33. The Morgan fingerprint density at radius 2 is 2.28 bits per heavy atom. The Hall–Kier alpha value is -1.28. The Bertz CT molecular complexity index is 454. The van der Waals surface area contributed by atoms with Crippen LogP contribution in [0.1, 0.15) is 13.8 Å². The number of H-pyrrole nitrogens is 1. The molecule has 0 radical (unpaired) electrons. The lowest BCUT2D eigenvalue weighted by molar-refractivity contribution is -0.133. The first kappa shape index (κ1) is 14.8. The number of carboxylic acids is 1. The van der Waals surface area contributed by atoms with E-state index in [9.17, 15) is 9.59 Å². The number of thioether (sulfide) groups is 1. The van der Waals surface area contributed by atoms with Crippen LogP contribution in [0.25, 0.3) is 0 Å². The van der Waals surface area contributed by atoms with Gasteiger partial charge in [-0.15, -0.1) is 5.10 Å². The van der Waals surface area contributed by atoms with Crippen molar-refractivity contribution in [2.24, 2.45) is 0 Å². The van der Waals surface area contributed by atoms with Crippen LogP contribution in [0, 0.1) is 0 Å². The van der Waals surface area contributed by atoms with Crippen LogP contribution in [0.5, 0.6) is 0 Å². The number of rotatable bonds is 7. The highest BCUT2D eigenvalue weighted by molar-refractivity contribution is 7.99. The lowest BCUT2D eigenvalue weighted by Gasteiger charge is -2.20. The molecule has 0 bridgehead atoms. The highest BCUT2D eigenvalue weighted by Gasteiger charge is 2.12. The Morgan fingerprint density at radius 3 is 2.83 bits per heavy atom. The molecular formula is C10H18N4O3S. The summed E-state index contributed by atoms with van der Waals surface area (Å²) in [5.74, 6) is -1.04. The van der Waals surface area contributed by atoms with Crippen molar-refractivity contribution in [3.05, 3.63) is 10.5 Å². The SMILES string of the molecule is CC(C)N(C)CCn1c(SCC(=O)O)n[nH]c1=O. The molecule has 18 heavy (non-hydrogen) atoms. The predicted molar refractivity (Wildman–Crippen MR) is 69.0 cm³/mol. The molecule has 2 N–H and O–H groups in total. The van der Waals surface area contributed by atoms with E-state index in [2.05, 4.69) is 28.9 Å². The molecule has 0 spiro atoms. The van der Waals surface area contributed by atoms with Gasteiger partial charge in [0, 0.05) is 19.1 Å². The first-order valence-corrected chi connectivity index (χ1v) is 6.60. The van der Waals surface area contributed by atoms with Gasteiger partial charge in [0.05, 0.1) is 5.75 Å². The van der Waals surface area contributed by atoms with E-state index in [-0.39, 0.29) is 11.4 Å². The zero-order valence-corrected chi connectivity index (χ0v) is 11.5. The number of aromatic nitrogens is 3. The lowest BCUT2D eigenvalue weighted by Crippen LogP contribution is -2.32. The van der Waals surface area contributed by atoms with Gasteiger partial charge in [-0.3, -0.25) is 9.36 Å². The summed E-state index contributed by atoms with van der Waals surface area (Å²) in [4.78, 5) is 24.1. The largest absolute Gasteiger partial charge is 0.481 e. The van der Waals surface area contributed by atoms with Gasteiger partial charge in [0.25, 0.3) is 0 Å². The number of carbonyl (C=O) groups is 1. The normalized spacial score (nSPS) is 11.4. The highest BCUT2D eigenvalue weighted by atomic mass is 32.2. The first-order valence-electron chi connectivity index (χ1n) is 5.62. The molecule has 0 aliphatic carbocycles. The molecule has 0 saturated carbocycles. The first-order chi connectivity index (χ1) is 8.41. The summed E-state index contributed by atoms with van der Waals surface area (Å²) in [5.41, 5.74) is -0.306. The maximum Gasteiger partial charge on any atom is 0.344 e. The van der Waals surface area contributed by atoms with Gasteiger partial charge >= 0.3 is 11.7 Å². The Labute approximate surface area is 109 Å². The fraction of sp³-hybridized carbons (Fsp3) is 0.700. The third kappa shape index (κ3) is 4.19. The number of aromatic amines is 1. The van der Waals surface area contributed by atoms with Crippen molar-refractivity contribution in [1.82, 2.24) is 19.7 Å². The van der Waals surface area contributed by atoms with E-state index in [4.69, 9.17) is 5.11 Å². The van der Waals surface area contributed by atoms with Gasteiger partial charge in [-0.1, -0.05) is 11.8 Å². The van der Waals surface area contributed by atoms with Gasteiger partial charge in [0.15, 0.2) is 5.16 Å². The monoisotopic (exact) mass is 274 g/mol. The summed E-state index contributed by atoms with van der Waals surface area (Å²) in [7, 11) is 1.97. The number of hydrogen-bond acceptors (Lipinski definition) is 5. The van der Waals surface area contributed by atoms with Crippen molar-refractivity contribution in [3.8, 4) is 0 Å². The molecular weight excluding hydrogens is 256 g/mol. The summed E-state index contributed by atoms with van der Waals surface area (Å²) in [5, 5.41) is 15.2. The minimum Gasteiger partial charge on any atom is -0.481 e. The van der Waals surface area contributed by atoms with E-state index < -0.39 is 5.97 Å². The van der Waals surface area contributed by atoms with Gasteiger partial charge in [0.1, 0.15) is 0 Å². The fourth-order valence-electron chi connectivity index (χ4n) is 1.25. The molecule has 1 heterocycles. The molecule has 0 amide bonds. The predicted octanol–water partition coefficient (Wildman–Crippen LogP) is 0.0883. The van der Waals surface area contributed by atoms with Crippen LogP contribution < -0.4 is 5.69 Å². The number of carboxylic acid groups (broad SMARTS) is 1. The van der Waals surface area contributed by atoms with Crippen molar-refractivity contribution in [1.29, 1.82) is 0 Å². The molecule has 0 atom stereocenters. The summed E-state index contributed by atoms with van der Waals surface area (Å²) >= 11 is 1.04. The van der Waals surface area contributed by atoms with Crippen LogP contribution in [-0.2, 0) is 11.3 Å². The van der Waals surface area contributed by atoms with Crippen molar-refractivity contribution in [2.75, 3.05) is 19.3 Å². The van der Waals surface area contributed by atoms with E-state index in [1.807, 2.05) is 7.05 Å². The molecule has 1 aromatic heterocycles. The maximum absolute atomic E-state index is 11.5. The number of nitrogens with one attached hydrogen (secondary N) is 1. The average molecular weight is 274 g/mol.